The van der Waals surface area contributed by atoms with Crippen LogP contribution in [0.1, 0.15) is 112 Å². The van der Waals surface area contributed by atoms with Crippen LogP contribution in [0.25, 0.3) is 0 Å². The van der Waals surface area contributed by atoms with E-state index >= 15 is 0 Å². The van der Waals surface area contributed by atoms with Crippen LogP contribution in [0.5, 0.6) is 0 Å². The molecule has 0 aliphatic heterocycles. The molecule has 6 heteroatoms. The lowest BCUT2D eigenvalue weighted by molar-refractivity contribution is -0.154. The fraction of sp³-hybridized carbons (Fsp3) is 0.920. The van der Waals surface area contributed by atoms with Gasteiger partial charge in [0, 0.05) is 12.8 Å². The Morgan fingerprint density at radius 2 is 1.03 bits per heavy atom. The number of hydrogen-bond acceptors (Lipinski definition) is 6. The number of unbranched alkanes of at least 4 members (excludes halogenated alkanes) is 8. The molecule has 0 aliphatic rings. The first-order valence-electron chi connectivity index (χ1n) is 12.5. The molecule has 6 nitrogen and oxygen atoms in total. The van der Waals surface area contributed by atoms with Crippen LogP contribution in [0.15, 0.2) is 0 Å². The second kappa shape index (κ2) is 20.7. The maximum Gasteiger partial charge on any atom is 0.306 e. The van der Waals surface area contributed by atoms with Crippen molar-refractivity contribution in [2.45, 2.75) is 130 Å². The van der Waals surface area contributed by atoms with E-state index in [1.165, 1.54) is 38.5 Å². The number of carbonyl (C=O) groups is 2. The number of esters is 2. The molecule has 31 heavy (non-hydrogen) atoms. The van der Waals surface area contributed by atoms with Gasteiger partial charge in [-0.1, -0.05) is 65.2 Å². The van der Waals surface area contributed by atoms with E-state index in [2.05, 4.69) is 13.8 Å². The molecule has 0 saturated carbocycles. The van der Waals surface area contributed by atoms with E-state index in [0.29, 0.717) is 26.1 Å². The van der Waals surface area contributed by atoms with Crippen LogP contribution in [0, 0.1) is 0 Å². The van der Waals surface area contributed by atoms with Crippen LogP contribution in [0.4, 0.5) is 0 Å². The molecule has 0 aromatic carbocycles. The molecule has 0 aromatic heterocycles. The van der Waals surface area contributed by atoms with Gasteiger partial charge in [0.1, 0.15) is 12.7 Å². The average molecular weight is 445 g/mol. The standard InChI is InChI=1S/C25H48O6/c1-6-8-10-12-14-16-24(26)30-19-22(4)28-18-21(3)29-20-23(5)31-25(27)17-15-13-11-9-7-2/h21-23H,6-20H2,1-5H3. The Bertz CT molecular complexity index is 440. The predicted molar refractivity (Wildman–Crippen MR) is 124 cm³/mol. The molecule has 0 rings (SSSR count). The molecule has 0 saturated heterocycles. The number of rotatable bonds is 21. The maximum absolute atomic E-state index is 11.8. The fourth-order valence-corrected chi connectivity index (χ4v) is 3.04. The first-order valence-corrected chi connectivity index (χ1v) is 12.5. The smallest absolute Gasteiger partial charge is 0.306 e. The number of hydrogen-bond donors (Lipinski definition) is 0. The van der Waals surface area contributed by atoms with Crippen molar-refractivity contribution in [3.05, 3.63) is 0 Å². The van der Waals surface area contributed by atoms with Gasteiger partial charge in [-0.25, -0.2) is 0 Å². The molecule has 0 amide bonds. The highest BCUT2D eigenvalue weighted by Gasteiger charge is 2.13. The Balaban J connectivity index is 3.72. The van der Waals surface area contributed by atoms with Crippen molar-refractivity contribution in [1.82, 2.24) is 0 Å². The molecule has 0 aliphatic carbocycles. The summed E-state index contributed by atoms with van der Waals surface area (Å²) < 4.78 is 22.1. The average Bonchev–Trinajstić information content (AvgIpc) is 2.74. The van der Waals surface area contributed by atoms with Crippen molar-refractivity contribution in [3.8, 4) is 0 Å². The van der Waals surface area contributed by atoms with Gasteiger partial charge in [-0.2, -0.15) is 0 Å². The summed E-state index contributed by atoms with van der Waals surface area (Å²) in [5.41, 5.74) is 0. The lowest BCUT2D eigenvalue weighted by Gasteiger charge is -2.20. The van der Waals surface area contributed by atoms with Crippen LogP contribution in [-0.2, 0) is 28.5 Å². The molecule has 0 radical (unpaired) electrons. The summed E-state index contributed by atoms with van der Waals surface area (Å²) in [5.74, 6) is -0.311. The molecule has 0 bridgehead atoms. The summed E-state index contributed by atoms with van der Waals surface area (Å²) in [6.07, 6.45) is 11.5. The minimum Gasteiger partial charge on any atom is -0.463 e. The minimum atomic E-state index is -0.277. The van der Waals surface area contributed by atoms with Crippen molar-refractivity contribution in [2.24, 2.45) is 0 Å². The van der Waals surface area contributed by atoms with Gasteiger partial charge in [0.05, 0.1) is 25.4 Å². The molecular formula is C25H48O6. The third-order valence-corrected chi connectivity index (χ3v) is 5.01. The lowest BCUT2D eigenvalue weighted by Crippen LogP contribution is -2.28. The van der Waals surface area contributed by atoms with Gasteiger partial charge in [-0.05, 0) is 33.6 Å². The van der Waals surface area contributed by atoms with E-state index in [-0.39, 0.29) is 36.9 Å². The quantitative estimate of drug-likeness (QED) is 0.160. The highest BCUT2D eigenvalue weighted by atomic mass is 16.6. The normalized spacial score (nSPS) is 14.1. The Kier molecular flexibility index (Phi) is 20.0. The van der Waals surface area contributed by atoms with Crippen molar-refractivity contribution in [2.75, 3.05) is 19.8 Å². The molecule has 0 fully saturated rings. The Hall–Kier alpha value is -1.14. The van der Waals surface area contributed by atoms with E-state index in [1.54, 1.807) is 0 Å². The molecule has 184 valence electrons. The molecule has 0 aromatic rings. The van der Waals surface area contributed by atoms with Crippen molar-refractivity contribution in [3.63, 3.8) is 0 Å². The molecule has 3 unspecified atom stereocenters. The second-order valence-corrected chi connectivity index (χ2v) is 8.60. The SMILES string of the molecule is CCCCCCCC(=O)OCC(C)OCC(C)OCC(C)OC(=O)CCCCCCC. The highest BCUT2D eigenvalue weighted by Crippen LogP contribution is 2.08. The lowest BCUT2D eigenvalue weighted by atomic mass is 10.1. The van der Waals surface area contributed by atoms with Gasteiger partial charge in [-0.15, -0.1) is 0 Å². The van der Waals surface area contributed by atoms with E-state index in [1.807, 2.05) is 20.8 Å². The summed E-state index contributed by atoms with van der Waals surface area (Å²) >= 11 is 0. The van der Waals surface area contributed by atoms with Crippen LogP contribution < -0.4 is 0 Å². The molecule has 0 spiro atoms. The summed E-state index contributed by atoms with van der Waals surface area (Å²) in [5, 5.41) is 0. The van der Waals surface area contributed by atoms with Crippen LogP contribution in [0.2, 0.25) is 0 Å². The zero-order valence-electron chi connectivity index (χ0n) is 20.8. The third kappa shape index (κ3) is 20.5. The minimum absolute atomic E-state index is 0.132. The van der Waals surface area contributed by atoms with Gasteiger partial charge >= 0.3 is 11.9 Å². The fourth-order valence-electron chi connectivity index (χ4n) is 3.04. The Labute approximate surface area is 190 Å². The zero-order chi connectivity index (χ0) is 23.3. The maximum atomic E-state index is 11.8. The Morgan fingerprint density at radius 3 is 1.58 bits per heavy atom. The molecular weight excluding hydrogens is 396 g/mol. The first kappa shape index (κ1) is 29.9. The van der Waals surface area contributed by atoms with E-state index < -0.39 is 0 Å². The highest BCUT2D eigenvalue weighted by molar-refractivity contribution is 5.69. The predicted octanol–water partition coefficient (Wildman–Crippen LogP) is 5.99. The van der Waals surface area contributed by atoms with Gasteiger partial charge in [0.15, 0.2) is 0 Å². The van der Waals surface area contributed by atoms with Gasteiger partial charge in [0.25, 0.3) is 0 Å². The zero-order valence-corrected chi connectivity index (χ0v) is 20.8. The van der Waals surface area contributed by atoms with Gasteiger partial charge < -0.3 is 18.9 Å². The topological polar surface area (TPSA) is 71.1 Å². The van der Waals surface area contributed by atoms with E-state index in [0.717, 1.165) is 25.7 Å². The second-order valence-electron chi connectivity index (χ2n) is 8.60. The summed E-state index contributed by atoms with van der Waals surface area (Å²) in [6, 6.07) is 0. The third-order valence-electron chi connectivity index (χ3n) is 5.01. The summed E-state index contributed by atoms with van der Waals surface area (Å²) in [6.45, 7) is 11.0. The van der Waals surface area contributed by atoms with Crippen LogP contribution in [0.3, 0.4) is 0 Å². The molecule has 0 N–H and O–H groups in total. The van der Waals surface area contributed by atoms with Crippen LogP contribution >= 0.6 is 0 Å². The Morgan fingerprint density at radius 1 is 0.581 bits per heavy atom. The van der Waals surface area contributed by atoms with Crippen molar-refractivity contribution < 1.29 is 28.5 Å². The summed E-state index contributed by atoms with van der Waals surface area (Å²) in [4.78, 5) is 23.6. The van der Waals surface area contributed by atoms with E-state index in [4.69, 9.17) is 18.9 Å². The number of ether oxygens (including phenoxy) is 4. The van der Waals surface area contributed by atoms with E-state index in [9.17, 15) is 9.59 Å². The molecule has 0 heterocycles. The van der Waals surface area contributed by atoms with Gasteiger partial charge in [0.2, 0.25) is 0 Å². The molecule has 3 atom stereocenters. The largest absolute Gasteiger partial charge is 0.463 e. The monoisotopic (exact) mass is 444 g/mol. The first-order chi connectivity index (χ1) is 14.9. The summed E-state index contributed by atoms with van der Waals surface area (Å²) in [7, 11) is 0. The van der Waals surface area contributed by atoms with Crippen LogP contribution in [-0.4, -0.2) is 50.1 Å². The number of carbonyl (C=O) groups excluding carboxylic acids is 2. The van der Waals surface area contributed by atoms with Gasteiger partial charge in [-0.3, -0.25) is 9.59 Å². The van der Waals surface area contributed by atoms with Crippen molar-refractivity contribution in [1.29, 1.82) is 0 Å². The van der Waals surface area contributed by atoms with Crippen molar-refractivity contribution >= 4 is 11.9 Å².